The number of aryl methyl sites for hydroxylation is 1. The van der Waals surface area contributed by atoms with E-state index in [0.29, 0.717) is 13.0 Å². The summed E-state index contributed by atoms with van der Waals surface area (Å²) in [4.78, 5) is 13.2. The van der Waals surface area contributed by atoms with Crippen LogP contribution in [0, 0.1) is 11.3 Å². The van der Waals surface area contributed by atoms with Crippen LogP contribution in [0.1, 0.15) is 18.9 Å². The van der Waals surface area contributed by atoms with Crippen LogP contribution in [0.2, 0.25) is 0 Å². The molecule has 0 spiro atoms. The molecule has 0 aromatic heterocycles. The first-order valence-corrected chi connectivity index (χ1v) is 5.71. The summed E-state index contributed by atoms with van der Waals surface area (Å²) in [6.45, 7) is 2.34. The molecule has 1 aromatic rings. The van der Waals surface area contributed by atoms with Crippen molar-refractivity contribution in [2.45, 2.75) is 25.8 Å². The number of para-hydroxylation sites is 1. The third-order valence-corrected chi connectivity index (χ3v) is 2.91. The highest BCUT2D eigenvalue weighted by Gasteiger charge is 2.31. The van der Waals surface area contributed by atoms with Crippen molar-refractivity contribution in [3.8, 4) is 6.07 Å². The zero-order chi connectivity index (χ0) is 12.3. The quantitative estimate of drug-likeness (QED) is 0.784. The van der Waals surface area contributed by atoms with Crippen LogP contribution < -0.4 is 4.90 Å². The van der Waals surface area contributed by atoms with Crippen LogP contribution in [-0.2, 0) is 11.2 Å². The normalized spacial score (nSPS) is 19.6. The Labute approximate surface area is 100 Å². The molecule has 0 aliphatic carbocycles. The van der Waals surface area contributed by atoms with Crippen molar-refractivity contribution in [3.05, 3.63) is 29.8 Å². The second-order valence-corrected chi connectivity index (χ2v) is 3.90. The van der Waals surface area contributed by atoms with Gasteiger partial charge in [0.2, 0.25) is 0 Å². The van der Waals surface area contributed by atoms with Crippen LogP contribution in [0.15, 0.2) is 24.3 Å². The van der Waals surface area contributed by atoms with Crippen LogP contribution in [0.4, 0.5) is 10.5 Å². The van der Waals surface area contributed by atoms with Gasteiger partial charge in [-0.1, -0.05) is 25.1 Å². The Kier molecular flexibility index (Phi) is 3.29. The van der Waals surface area contributed by atoms with Crippen molar-refractivity contribution in [1.82, 2.24) is 0 Å². The Morgan fingerprint density at radius 1 is 1.53 bits per heavy atom. The number of cyclic esters (lactones) is 1. The molecule has 0 saturated carbocycles. The maximum Gasteiger partial charge on any atom is 0.415 e. The molecule has 1 aromatic carbocycles. The van der Waals surface area contributed by atoms with E-state index >= 15 is 0 Å². The lowest BCUT2D eigenvalue weighted by molar-refractivity contribution is 0.134. The van der Waals surface area contributed by atoms with Gasteiger partial charge >= 0.3 is 6.09 Å². The van der Waals surface area contributed by atoms with Gasteiger partial charge in [0.15, 0.2) is 0 Å². The largest absolute Gasteiger partial charge is 0.449 e. The number of benzene rings is 1. The Bertz CT molecular complexity index is 465. The molecule has 0 N–H and O–H groups in total. The van der Waals surface area contributed by atoms with Crippen molar-refractivity contribution in [3.63, 3.8) is 0 Å². The zero-order valence-electron chi connectivity index (χ0n) is 9.72. The van der Waals surface area contributed by atoms with Crippen molar-refractivity contribution < 1.29 is 9.53 Å². The molecule has 4 nitrogen and oxygen atoms in total. The molecular weight excluding hydrogens is 216 g/mol. The summed E-state index contributed by atoms with van der Waals surface area (Å²) in [5, 5.41) is 9.10. The van der Waals surface area contributed by atoms with Gasteiger partial charge in [-0.3, -0.25) is 4.90 Å². The molecule has 1 amide bonds. The van der Waals surface area contributed by atoms with E-state index in [4.69, 9.17) is 10.00 Å². The number of hydrogen-bond donors (Lipinski definition) is 0. The Morgan fingerprint density at radius 2 is 2.29 bits per heavy atom. The number of carbonyl (C=O) groups is 1. The molecular formula is C13H14N2O2. The SMILES string of the molecule is CCc1ccccc1N1C(=O)OCCC1C#N. The summed E-state index contributed by atoms with van der Waals surface area (Å²) in [7, 11) is 0. The summed E-state index contributed by atoms with van der Waals surface area (Å²) in [5.41, 5.74) is 1.83. The lowest BCUT2D eigenvalue weighted by atomic mass is 10.1. The average molecular weight is 230 g/mol. The average Bonchev–Trinajstić information content (AvgIpc) is 2.38. The van der Waals surface area contributed by atoms with Gasteiger partial charge in [0, 0.05) is 6.42 Å². The number of amides is 1. The molecule has 0 bridgehead atoms. The van der Waals surface area contributed by atoms with Gasteiger partial charge in [0.05, 0.1) is 18.4 Å². The van der Waals surface area contributed by atoms with Gasteiger partial charge in [0.1, 0.15) is 6.04 Å². The van der Waals surface area contributed by atoms with Crippen molar-refractivity contribution in [2.75, 3.05) is 11.5 Å². The minimum Gasteiger partial charge on any atom is -0.449 e. The maximum atomic E-state index is 11.8. The fraction of sp³-hybridized carbons (Fsp3) is 0.385. The molecule has 88 valence electrons. The highest BCUT2D eigenvalue weighted by atomic mass is 16.6. The van der Waals surface area contributed by atoms with E-state index < -0.39 is 12.1 Å². The third kappa shape index (κ3) is 2.09. The van der Waals surface area contributed by atoms with E-state index in [2.05, 4.69) is 6.07 Å². The number of nitrogens with zero attached hydrogens (tertiary/aromatic N) is 2. The topological polar surface area (TPSA) is 53.3 Å². The van der Waals surface area contributed by atoms with Crippen molar-refractivity contribution >= 4 is 11.8 Å². The predicted octanol–water partition coefficient (Wildman–Crippen LogP) is 2.49. The minimum atomic E-state index is -0.427. The summed E-state index contributed by atoms with van der Waals surface area (Å²) in [5.74, 6) is 0. The second-order valence-electron chi connectivity index (χ2n) is 3.90. The highest BCUT2D eigenvalue weighted by molar-refractivity contribution is 5.90. The summed E-state index contributed by atoms with van der Waals surface area (Å²) in [6, 6.07) is 9.35. The van der Waals surface area contributed by atoms with Gasteiger partial charge in [-0.15, -0.1) is 0 Å². The number of carbonyl (C=O) groups excluding carboxylic acids is 1. The number of rotatable bonds is 2. The Morgan fingerprint density at radius 3 is 3.00 bits per heavy atom. The number of anilines is 1. The molecule has 2 rings (SSSR count). The first-order chi connectivity index (χ1) is 8.27. The number of hydrogen-bond acceptors (Lipinski definition) is 3. The highest BCUT2D eigenvalue weighted by Crippen LogP contribution is 2.27. The third-order valence-electron chi connectivity index (χ3n) is 2.91. The second kappa shape index (κ2) is 4.88. The van der Waals surface area contributed by atoms with E-state index in [1.165, 1.54) is 4.90 Å². The van der Waals surface area contributed by atoms with Crippen LogP contribution in [0.5, 0.6) is 0 Å². The first kappa shape index (κ1) is 11.5. The summed E-state index contributed by atoms with van der Waals surface area (Å²) >= 11 is 0. The van der Waals surface area contributed by atoms with Crippen LogP contribution in [0.3, 0.4) is 0 Å². The van der Waals surface area contributed by atoms with E-state index in [0.717, 1.165) is 17.7 Å². The standard InChI is InChI=1S/C13H14N2O2/c1-2-10-5-3-4-6-12(10)15-11(9-14)7-8-17-13(15)16/h3-6,11H,2,7-8H2,1H3. The first-order valence-electron chi connectivity index (χ1n) is 5.71. The van der Waals surface area contributed by atoms with E-state index in [1.807, 2.05) is 31.2 Å². The van der Waals surface area contributed by atoms with Gasteiger partial charge in [0.25, 0.3) is 0 Å². The zero-order valence-corrected chi connectivity index (χ0v) is 9.72. The molecule has 17 heavy (non-hydrogen) atoms. The molecule has 1 aliphatic heterocycles. The fourth-order valence-electron chi connectivity index (χ4n) is 2.02. The van der Waals surface area contributed by atoms with Crippen LogP contribution >= 0.6 is 0 Å². The van der Waals surface area contributed by atoms with E-state index in [9.17, 15) is 4.79 Å². The predicted molar refractivity (Wildman–Crippen MR) is 63.7 cm³/mol. The smallest absolute Gasteiger partial charge is 0.415 e. The monoisotopic (exact) mass is 230 g/mol. The molecule has 0 radical (unpaired) electrons. The number of nitriles is 1. The van der Waals surface area contributed by atoms with Crippen LogP contribution in [-0.4, -0.2) is 18.7 Å². The molecule has 1 fully saturated rings. The molecule has 1 aliphatic rings. The molecule has 1 atom stereocenters. The molecule has 1 saturated heterocycles. The van der Waals surface area contributed by atoms with E-state index in [1.54, 1.807) is 0 Å². The van der Waals surface area contributed by atoms with E-state index in [-0.39, 0.29) is 0 Å². The van der Waals surface area contributed by atoms with Crippen LogP contribution in [0.25, 0.3) is 0 Å². The molecule has 1 unspecified atom stereocenters. The number of ether oxygens (including phenoxy) is 1. The Balaban J connectivity index is 2.42. The lowest BCUT2D eigenvalue weighted by Gasteiger charge is -2.32. The minimum absolute atomic E-state index is 0.321. The summed E-state index contributed by atoms with van der Waals surface area (Å²) < 4.78 is 5.01. The van der Waals surface area contributed by atoms with Crippen molar-refractivity contribution in [1.29, 1.82) is 5.26 Å². The van der Waals surface area contributed by atoms with Gasteiger partial charge in [-0.05, 0) is 18.1 Å². The van der Waals surface area contributed by atoms with Gasteiger partial charge < -0.3 is 4.74 Å². The molecule has 1 heterocycles. The van der Waals surface area contributed by atoms with Gasteiger partial charge in [-0.25, -0.2) is 4.79 Å². The van der Waals surface area contributed by atoms with Gasteiger partial charge in [-0.2, -0.15) is 5.26 Å². The molecule has 4 heteroatoms. The maximum absolute atomic E-state index is 11.8. The fourth-order valence-corrected chi connectivity index (χ4v) is 2.02. The Hall–Kier alpha value is -2.02. The lowest BCUT2D eigenvalue weighted by Crippen LogP contribution is -2.45. The van der Waals surface area contributed by atoms with Crippen molar-refractivity contribution in [2.24, 2.45) is 0 Å². The summed E-state index contributed by atoms with van der Waals surface area (Å²) in [6.07, 6.45) is 0.946.